The molecule has 2 atom stereocenters. The lowest BCUT2D eigenvalue weighted by molar-refractivity contribution is -0.120. The van der Waals surface area contributed by atoms with E-state index >= 15 is 0 Å². The predicted octanol–water partition coefficient (Wildman–Crippen LogP) is 2.18. The molecule has 0 heterocycles. The number of likely N-dealkylation sites (N-methyl/N-ethyl adjacent to an activating group) is 1. The van der Waals surface area contributed by atoms with Gasteiger partial charge in [0, 0.05) is 18.8 Å². The van der Waals surface area contributed by atoms with Crippen LogP contribution in [0.5, 0.6) is 0 Å². The van der Waals surface area contributed by atoms with E-state index in [0.29, 0.717) is 19.0 Å². The third kappa shape index (κ3) is 5.05. The average Bonchev–Trinajstić information content (AvgIpc) is 2.51. The molecule has 1 fully saturated rings. The summed E-state index contributed by atoms with van der Waals surface area (Å²) in [4.78, 5) is 14.2. The maximum atomic E-state index is 12.1. The molecule has 4 heteroatoms. The minimum Gasteiger partial charge on any atom is -0.393 e. The number of aliphatic hydroxyl groups excluding tert-OH is 1. The van der Waals surface area contributed by atoms with Gasteiger partial charge in [0.1, 0.15) is 0 Å². The Morgan fingerprint density at radius 2 is 2.10 bits per heavy atom. The van der Waals surface area contributed by atoms with Crippen LogP contribution in [-0.4, -0.2) is 36.8 Å². The van der Waals surface area contributed by atoms with Crippen LogP contribution < -0.4 is 10.2 Å². The summed E-state index contributed by atoms with van der Waals surface area (Å²) in [6.07, 6.45) is 3.70. The van der Waals surface area contributed by atoms with E-state index in [1.54, 1.807) is 0 Å². The molecule has 0 radical (unpaired) electrons. The van der Waals surface area contributed by atoms with Crippen molar-refractivity contribution >= 4 is 11.6 Å². The van der Waals surface area contributed by atoms with Gasteiger partial charge in [-0.2, -0.15) is 0 Å². The lowest BCUT2D eigenvalue weighted by Gasteiger charge is -2.27. The molecule has 1 amide bonds. The van der Waals surface area contributed by atoms with Crippen LogP contribution in [0.2, 0.25) is 0 Å². The van der Waals surface area contributed by atoms with E-state index in [-0.39, 0.29) is 12.0 Å². The molecule has 2 N–H and O–H groups in total. The molecule has 116 valence electrons. The Kier molecular flexibility index (Phi) is 6.05. The summed E-state index contributed by atoms with van der Waals surface area (Å²) in [5, 5.41) is 12.7. The van der Waals surface area contributed by atoms with Crippen molar-refractivity contribution in [3.63, 3.8) is 0 Å². The Bertz CT molecular complexity index is 436. The van der Waals surface area contributed by atoms with Gasteiger partial charge in [-0.15, -0.1) is 0 Å². The Morgan fingerprint density at radius 1 is 1.33 bits per heavy atom. The number of benzene rings is 1. The topological polar surface area (TPSA) is 52.6 Å². The molecule has 1 aromatic carbocycles. The SMILES string of the molecule is CCN(CC(=O)NCC1CCCC(O)C1)c1ccccc1. The van der Waals surface area contributed by atoms with Gasteiger partial charge in [0.15, 0.2) is 0 Å². The van der Waals surface area contributed by atoms with Gasteiger partial charge < -0.3 is 15.3 Å². The van der Waals surface area contributed by atoms with Crippen LogP contribution in [0.4, 0.5) is 5.69 Å². The standard InChI is InChI=1S/C17H26N2O2/c1-2-19(15-8-4-3-5-9-15)13-17(21)18-12-14-7-6-10-16(20)11-14/h3-5,8-9,14,16,20H,2,6-7,10-13H2,1H3,(H,18,21). The summed E-state index contributed by atoms with van der Waals surface area (Å²) in [7, 11) is 0. The normalized spacial score (nSPS) is 21.8. The maximum absolute atomic E-state index is 12.1. The lowest BCUT2D eigenvalue weighted by atomic mass is 9.87. The van der Waals surface area contributed by atoms with E-state index in [1.165, 1.54) is 0 Å². The van der Waals surface area contributed by atoms with E-state index in [4.69, 9.17) is 0 Å². The molecule has 1 aliphatic rings. The van der Waals surface area contributed by atoms with E-state index in [1.807, 2.05) is 30.3 Å². The number of rotatable bonds is 6. The second-order valence-corrected chi connectivity index (χ2v) is 5.84. The number of carbonyl (C=O) groups excluding carboxylic acids is 1. The molecule has 0 aromatic heterocycles. The number of aliphatic hydroxyl groups is 1. The zero-order valence-electron chi connectivity index (χ0n) is 12.8. The lowest BCUT2D eigenvalue weighted by Crippen LogP contribution is -2.40. The highest BCUT2D eigenvalue weighted by atomic mass is 16.3. The average molecular weight is 290 g/mol. The number of para-hydroxylation sites is 1. The van der Waals surface area contributed by atoms with E-state index in [2.05, 4.69) is 17.1 Å². The van der Waals surface area contributed by atoms with Crippen molar-refractivity contribution in [3.8, 4) is 0 Å². The second-order valence-electron chi connectivity index (χ2n) is 5.84. The van der Waals surface area contributed by atoms with Crippen molar-refractivity contribution in [2.75, 3.05) is 24.5 Å². The van der Waals surface area contributed by atoms with Crippen LogP contribution in [0.3, 0.4) is 0 Å². The zero-order valence-corrected chi connectivity index (χ0v) is 12.8. The number of nitrogens with one attached hydrogen (secondary N) is 1. The fourth-order valence-corrected chi connectivity index (χ4v) is 2.96. The number of amides is 1. The third-order valence-electron chi connectivity index (χ3n) is 4.18. The fraction of sp³-hybridized carbons (Fsp3) is 0.588. The van der Waals surface area contributed by atoms with Crippen LogP contribution in [0.15, 0.2) is 30.3 Å². The number of carbonyl (C=O) groups is 1. The Labute approximate surface area is 127 Å². The first-order valence-corrected chi connectivity index (χ1v) is 7.93. The van der Waals surface area contributed by atoms with Crippen LogP contribution in [0, 0.1) is 5.92 Å². The fourth-order valence-electron chi connectivity index (χ4n) is 2.96. The van der Waals surface area contributed by atoms with Gasteiger partial charge in [0.05, 0.1) is 12.6 Å². The van der Waals surface area contributed by atoms with Crippen LogP contribution >= 0.6 is 0 Å². The van der Waals surface area contributed by atoms with Gasteiger partial charge in [0.25, 0.3) is 0 Å². The first-order chi connectivity index (χ1) is 10.2. The molecule has 0 spiro atoms. The molecule has 1 aromatic rings. The summed E-state index contributed by atoms with van der Waals surface area (Å²) in [6, 6.07) is 9.99. The summed E-state index contributed by atoms with van der Waals surface area (Å²) in [5.41, 5.74) is 1.07. The molecule has 0 bridgehead atoms. The summed E-state index contributed by atoms with van der Waals surface area (Å²) in [6.45, 7) is 3.93. The number of anilines is 1. The van der Waals surface area contributed by atoms with Crippen molar-refractivity contribution in [2.45, 2.75) is 38.7 Å². The predicted molar refractivity (Wildman–Crippen MR) is 85.3 cm³/mol. The molecular formula is C17H26N2O2. The van der Waals surface area contributed by atoms with Crippen molar-refractivity contribution in [3.05, 3.63) is 30.3 Å². The number of hydrogen-bond acceptors (Lipinski definition) is 3. The summed E-state index contributed by atoms with van der Waals surface area (Å²) in [5.74, 6) is 0.477. The largest absolute Gasteiger partial charge is 0.393 e. The van der Waals surface area contributed by atoms with Crippen molar-refractivity contribution in [1.82, 2.24) is 5.32 Å². The molecule has 1 aliphatic carbocycles. The van der Waals surface area contributed by atoms with Crippen molar-refractivity contribution in [2.24, 2.45) is 5.92 Å². The van der Waals surface area contributed by atoms with Crippen LogP contribution in [0.25, 0.3) is 0 Å². The number of nitrogens with zero attached hydrogens (tertiary/aromatic N) is 1. The highest BCUT2D eigenvalue weighted by molar-refractivity contribution is 5.81. The summed E-state index contributed by atoms with van der Waals surface area (Å²) < 4.78 is 0. The second kappa shape index (κ2) is 8.03. The molecule has 2 unspecified atom stereocenters. The Morgan fingerprint density at radius 3 is 2.76 bits per heavy atom. The van der Waals surface area contributed by atoms with Crippen LogP contribution in [-0.2, 0) is 4.79 Å². The summed E-state index contributed by atoms with van der Waals surface area (Å²) >= 11 is 0. The van der Waals surface area contributed by atoms with Crippen molar-refractivity contribution < 1.29 is 9.90 Å². The smallest absolute Gasteiger partial charge is 0.239 e. The molecule has 0 saturated heterocycles. The molecule has 1 saturated carbocycles. The van der Waals surface area contributed by atoms with E-state index in [0.717, 1.165) is 37.9 Å². The minimum atomic E-state index is -0.183. The first-order valence-electron chi connectivity index (χ1n) is 7.93. The molecule has 0 aliphatic heterocycles. The highest BCUT2D eigenvalue weighted by Crippen LogP contribution is 2.23. The minimum absolute atomic E-state index is 0.0563. The molecule has 2 rings (SSSR count). The molecular weight excluding hydrogens is 264 g/mol. The molecule has 21 heavy (non-hydrogen) atoms. The van der Waals surface area contributed by atoms with Gasteiger partial charge in [-0.3, -0.25) is 4.79 Å². The van der Waals surface area contributed by atoms with Crippen molar-refractivity contribution in [1.29, 1.82) is 0 Å². The van der Waals surface area contributed by atoms with Crippen LogP contribution in [0.1, 0.15) is 32.6 Å². The quantitative estimate of drug-likeness (QED) is 0.844. The zero-order chi connectivity index (χ0) is 15.1. The Hall–Kier alpha value is -1.55. The third-order valence-corrected chi connectivity index (χ3v) is 4.18. The van der Waals surface area contributed by atoms with E-state index in [9.17, 15) is 9.90 Å². The van der Waals surface area contributed by atoms with Gasteiger partial charge >= 0.3 is 0 Å². The Balaban J connectivity index is 1.78. The van der Waals surface area contributed by atoms with E-state index < -0.39 is 0 Å². The maximum Gasteiger partial charge on any atom is 0.239 e. The first kappa shape index (κ1) is 15.8. The van der Waals surface area contributed by atoms with Gasteiger partial charge in [0.2, 0.25) is 5.91 Å². The van der Waals surface area contributed by atoms with Gasteiger partial charge in [-0.05, 0) is 44.2 Å². The highest BCUT2D eigenvalue weighted by Gasteiger charge is 2.20. The monoisotopic (exact) mass is 290 g/mol. The number of hydrogen-bond donors (Lipinski definition) is 2. The van der Waals surface area contributed by atoms with Gasteiger partial charge in [-0.25, -0.2) is 0 Å². The molecule has 4 nitrogen and oxygen atoms in total. The van der Waals surface area contributed by atoms with Gasteiger partial charge in [-0.1, -0.05) is 24.6 Å².